The van der Waals surface area contributed by atoms with Crippen molar-refractivity contribution in [2.24, 2.45) is 5.73 Å². The first-order valence-corrected chi connectivity index (χ1v) is 5.10. The van der Waals surface area contributed by atoms with E-state index in [0.29, 0.717) is 11.7 Å². The highest BCUT2D eigenvalue weighted by atomic mass is 16.5. The van der Waals surface area contributed by atoms with Crippen LogP contribution in [0.4, 0.5) is 0 Å². The standard InChI is InChI=1S/C11H11N3O2/c12-11(4-5-11)10-13-9(14-16-10)7-2-1-3-8(15)6-7/h1-3,6,15H,4-5,12H2. The van der Waals surface area contributed by atoms with E-state index in [2.05, 4.69) is 10.1 Å². The van der Waals surface area contributed by atoms with Crippen LogP contribution >= 0.6 is 0 Å². The Hall–Kier alpha value is -1.88. The van der Waals surface area contributed by atoms with Crippen molar-refractivity contribution in [3.63, 3.8) is 0 Å². The molecular formula is C11H11N3O2. The van der Waals surface area contributed by atoms with Crippen LogP contribution in [0.1, 0.15) is 18.7 Å². The number of aromatic nitrogens is 2. The van der Waals surface area contributed by atoms with Gasteiger partial charge in [-0.05, 0) is 25.0 Å². The van der Waals surface area contributed by atoms with Gasteiger partial charge in [-0.1, -0.05) is 17.3 Å². The van der Waals surface area contributed by atoms with E-state index in [1.54, 1.807) is 18.2 Å². The van der Waals surface area contributed by atoms with Gasteiger partial charge in [0.25, 0.3) is 0 Å². The molecule has 3 N–H and O–H groups in total. The number of nitrogens with two attached hydrogens (primary N) is 1. The van der Waals surface area contributed by atoms with E-state index in [9.17, 15) is 5.11 Å². The molecule has 1 heterocycles. The Bertz CT molecular complexity index is 532. The van der Waals surface area contributed by atoms with Gasteiger partial charge >= 0.3 is 0 Å². The Morgan fingerprint density at radius 3 is 2.88 bits per heavy atom. The number of benzene rings is 1. The summed E-state index contributed by atoms with van der Waals surface area (Å²) in [6.07, 6.45) is 1.77. The largest absolute Gasteiger partial charge is 0.508 e. The first-order chi connectivity index (χ1) is 7.67. The molecule has 1 aliphatic rings. The normalized spacial score (nSPS) is 17.3. The highest BCUT2D eigenvalue weighted by molar-refractivity contribution is 5.56. The lowest BCUT2D eigenvalue weighted by molar-refractivity contribution is 0.348. The van der Waals surface area contributed by atoms with Crippen molar-refractivity contribution in [1.29, 1.82) is 0 Å². The Labute approximate surface area is 91.9 Å². The van der Waals surface area contributed by atoms with Crippen LogP contribution in [0.3, 0.4) is 0 Å². The molecule has 82 valence electrons. The summed E-state index contributed by atoms with van der Waals surface area (Å²) < 4.78 is 5.12. The zero-order chi connectivity index (χ0) is 11.2. The molecule has 0 radical (unpaired) electrons. The van der Waals surface area contributed by atoms with Gasteiger partial charge in [-0.2, -0.15) is 4.98 Å². The van der Waals surface area contributed by atoms with Gasteiger partial charge in [-0.25, -0.2) is 0 Å². The summed E-state index contributed by atoms with van der Waals surface area (Å²) in [5.74, 6) is 1.12. The van der Waals surface area contributed by atoms with E-state index < -0.39 is 5.54 Å². The van der Waals surface area contributed by atoms with Crippen LogP contribution in [-0.2, 0) is 5.54 Å². The first kappa shape index (κ1) is 9.35. The van der Waals surface area contributed by atoms with Crippen LogP contribution < -0.4 is 5.73 Å². The maximum absolute atomic E-state index is 9.34. The molecule has 0 unspecified atom stereocenters. The van der Waals surface area contributed by atoms with Crippen molar-refractivity contribution < 1.29 is 9.63 Å². The lowest BCUT2D eigenvalue weighted by Crippen LogP contribution is -2.18. The van der Waals surface area contributed by atoms with Gasteiger partial charge in [0.05, 0.1) is 5.54 Å². The topological polar surface area (TPSA) is 85.2 Å². The van der Waals surface area contributed by atoms with Crippen molar-refractivity contribution >= 4 is 0 Å². The number of hydrogen-bond donors (Lipinski definition) is 2. The maximum atomic E-state index is 9.34. The van der Waals surface area contributed by atoms with Gasteiger partial charge in [0.15, 0.2) is 0 Å². The van der Waals surface area contributed by atoms with Crippen LogP contribution in [0.25, 0.3) is 11.4 Å². The molecule has 0 atom stereocenters. The zero-order valence-electron chi connectivity index (χ0n) is 8.55. The second-order valence-electron chi connectivity index (χ2n) is 4.13. The second-order valence-corrected chi connectivity index (χ2v) is 4.13. The molecule has 5 nitrogen and oxygen atoms in total. The third kappa shape index (κ3) is 1.45. The molecule has 5 heteroatoms. The third-order valence-corrected chi connectivity index (χ3v) is 2.74. The molecule has 0 bridgehead atoms. The summed E-state index contributed by atoms with van der Waals surface area (Å²) in [6.45, 7) is 0. The molecule has 1 aromatic heterocycles. The molecule has 1 aliphatic carbocycles. The Balaban J connectivity index is 1.98. The Morgan fingerprint density at radius 2 is 2.19 bits per heavy atom. The van der Waals surface area contributed by atoms with Crippen LogP contribution in [-0.4, -0.2) is 15.2 Å². The van der Waals surface area contributed by atoms with Crippen molar-refractivity contribution in [3.05, 3.63) is 30.2 Å². The minimum Gasteiger partial charge on any atom is -0.508 e. The minimum atomic E-state index is -0.415. The van der Waals surface area contributed by atoms with Crippen molar-refractivity contribution in [2.75, 3.05) is 0 Å². The summed E-state index contributed by atoms with van der Waals surface area (Å²) in [7, 11) is 0. The SMILES string of the molecule is NC1(c2nc(-c3cccc(O)c3)no2)CC1. The summed E-state index contributed by atoms with van der Waals surface area (Å²) in [5, 5.41) is 13.2. The maximum Gasteiger partial charge on any atom is 0.247 e. The van der Waals surface area contributed by atoms with Crippen molar-refractivity contribution in [3.8, 4) is 17.1 Å². The average Bonchev–Trinajstić information content (AvgIpc) is 2.83. The number of rotatable bonds is 2. The van der Waals surface area contributed by atoms with Crippen LogP contribution in [0.15, 0.2) is 28.8 Å². The molecular weight excluding hydrogens is 206 g/mol. The third-order valence-electron chi connectivity index (χ3n) is 2.74. The molecule has 1 saturated carbocycles. The molecule has 0 saturated heterocycles. The van der Waals surface area contributed by atoms with E-state index in [0.717, 1.165) is 18.4 Å². The first-order valence-electron chi connectivity index (χ1n) is 5.10. The lowest BCUT2D eigenvalue weighted by atomic mass is 10.2. The fourth-order valence-corrected chi connectivity index (χ4v) is 1.54. The van der Waals surface area contributed by atoms with Gasteiger partial charge < -0.3 is 15.4 Å². The molecule has 16 heavy (non-hydrogen) atoms. The van der Waals surface area contributed by atoms with Gasteiger partial charge in [-0.3, -0.25) is 0 Å². The number of phenols is 1. The molecule has 1 fully saturated rings. The van der Waals surface area contributed by atoms with Crippen molar-refractivity contribution in [1.82, 2.24) is 10.1 Å². The van der Waals surface area contributed by atoms with Gasteiger partial charge in [-0.15, -0.1) is 0 Å². The monoisotopic (exact) mass is 217 g/mol. The molecule has 0 amide bonds. The molecule has 1 aromatic carbocycles. The van der Waals surface area contributed by atoms with Crippen LogP contribution in [0.2, 0.25) is 0 Å². The number of nitrogens with zero attached hydrogens (tertiary/aromatic N) is 2. The van der Waals surface area contributed by atoms with E-state index >= 15 is 0 Å². The lowest BCUT2D eigenvalue weighted by Gasteiger charge is -1.98. The number of hydrogen-bond acceptors (Lipinski definition) is 5. The number of aromatic hydroxyl groups is 1. The van der Waals surface area contributed by atoms with E-state index in [4.69, 9.17) is 10.3 Å². The van der Waals surface area contributed by atoms with E-state index in [1.165, 1.54) is 0 Å². The predicted octanol–water partition coefficient (Wildman–Crippen LogP) is 1.39. The average molecular weight is 217 g/mol. The minimum absolute atomic E-state index is 0.178. The second kappa shape index (κ2) is 3.05. The summed E-state index contributed by atoms with van der Waals surface area (Å²) in [6, 6.07) is 6.72. The van der Waals surface area contributed by atoms with Crippen LogP contribution in [0, 0.1) is 0 Å². The van der Waals surface area contributed by atoms with E-state index in [1.807, 2.05) is 6.07 Å². The molecule has 0 spiro atoms. The smallest absolute Gasteiger partial charge is 0.247 e. The van der Waals surface area contributed by atoms with Gasteiger partial charge in [0, 0.05) is 5.56 Å². The number of phenolic OH excluding ortho intramolecular Hbond substituents is 1. The Morgan fingerprint density at radius 1 is 1.38 bits per heavy atom. The molecule has 3 rings (SSSR count). The van der Waals surface area contributed by atoms with Crippen molar-refractivity contribution in [2.45, 2.75) is 18.4 Å². The molecule has 0 aliphatic heterocycles. The fraction of sp³-hybridized carbons (Fsp3) is 0.273. The molecule has 2 aromatic rings. The predicted molar refractivity (Wildman–Crippen MR) is 56.5 cm³/mol. The van der Waals surface area contributed by atoms with Gasteiger partial charge in [0.2, 0.25) is 11.7 Å². The van der Waals surface area contributed by atoms with Gasteiger partial charge in [0.1, 0.15) is 5.75 Å². The highest BCUT2D eigenvalue weighted by Gasteiger charge is 2.45. The quantitative estimate of drug-likeness (QED) is 0.793. The summed E-state index contributed by atoms with van der Waals surface area (Å²) in [4.78, 5) is 4.24. The summed E-state index contributed by atoms with van der Waals surface area (Å²) >= 11 is 0. The zero-order valence-corrected chi connectivity index (χ0v) is 8.55. The van der Waals surface area contributed by atoms with E-state index in [-0.39, 0.29) is 5.75 Å². The fourth-order valence-electron chi connectivity index (χ4n) is 1.54. The Kier molecular flexibility index (Phi) is 1.79. The highest BCUT2D eigenvalue weighted by Crippen LogP contribution is 2.42. The van der Waals surface area contributed by atoms with Crippen LogP contribution in [0.5, 0.6) is 5.75 Å². The summed E-state index contributed by atoms with van der Waals surface area (Å²) in [5.41, 5.74) is 6.25.